The number of aryl methyl sites for hydroxylation is 2. The van der Waals surface area contributed by atoms with Crippen molar-refractivity contribution in [1.29, 1.82) is 0 Å². The van der Waals surface area contributed by atoms with E-state index in [-0.39, 0.29) is 24.9 Å². The van der Waals surface area contributed by atoms with Gasteiger partial charge >= 0.3 is 12.1 Å². The zero-order chi connectivity index (χ0) is 21.4. The van der Waals surface area contributed by atoms with Crippen molar-refractivity contribution < 1.29 is 23.9 Å². The molecule has 0 unspecified atom stereocenters. The summed E-state index contributed by atoms with van der Waals surface area (Å²) < 4.78 is 10.3. The highest BCUT2D eigenvalue weighted by Crippen LogP contribution is 2.11. The fraction of sp³-hybridized carbons (Fsp3) is 0.348. The van der Waals surface area contributed by atoms with E-state index in [4.69, 9.17) is 9.47 Å². The quantitative estimate of drug-likeness (QED) is 0.538. The third-order valence-electron chi connectivity index (χ3n) is 4.58. The molecule has 0 aliphatic rings. The van der Waals surface area contributed by atoms with E-state index in [0.717, 1.165) is 16.7 Å². The molecule has 0 aliphatic heterocycles. The summed E-state index contributed by atoms with van der Waals surface area (Å²) in [5.41, 5.74) is 3.39. The van der Waals surface area contributed by atoms with E-state index in [0.29, 0.717) is 5.56 Å². The molecular formula is C23H27NO5. The van der Waals surface area contributed by atoms with Crippen LogP contribution < -0.4 is 5.32 Å². The number of ketones is 1. The Morgan fingerprint density at radius 1 is 0.931 bits per heavy atom. The number of carbonyl (C=O) groups is 3. The molecule has 2 rings (SSSR count). The fourth-order valence-electron chi connectivity index (χ4n) is 2.61. The molecule has 0 saturated carbocycles. The molecule has 0 radical (unpaired) electrons. The third kappa shape index (κ3) is 6.75. The largest absolute Gasteiger partial charge is 0.456 e. The van der Waals surface area contributed by atoms with Crippen LogP contribution in [0, 0.1) is 19.8 Å². The molecule has 6 nitrogen and oxygen atoms in total. The summed E-state index contributed by atoms with van der Waals surface area (Å²) in [4.78, 5) is 36.8. The first-order chi connectivity index (χ1) is 13.8. The van der Waals surface area contributed by atoms with E-state index < -0.39 is 18.1 Å². The summed E-state index contributed by atoms with van der Waals surface area (Å²) >= 11 is 0. The number of rotatable bonds is 8. The van der Waals surface area contributed by atoms with E-state index in [1.165, 1.54) is 0 Å². The lowest BCUT2D eigenvalue weighted by Gasteiger charge is -2.20. The van der Waals surface area contributed by atoms with E-state index >= 15 is 0 Å². The van der Waals surface area contributed by atoms with Gasteiger partial charge in [0.1, 0.15) is 12.6 Å². The minimum atomic E-state index is -0.911. The highest BCUT2D eigenvalue weighted by molar-refractivity contribution is 5.98. The summed E-state index contributed by atoms with van der Waals surface area (Å²) in [5, 5.41) is 2.52. The van der Waals surface area contributed by atoms with Crippen LogP contribution in [0.15, 0.2) is 48.5 Å². The normalized spacial score (nSPS) is 11.6. The highest BCUT2D eigenvalue weighted by atomic mass is 16.6. The topological polar surface area (TPSA) is 81.7 Å². The molecule has 0 saturated heterocycles. The van der Waals surface area contributed by atoms with Crippen molar-refractivity contribution in [1.82, 2.24) is 5.32 Å². The van der Waals surface area contributed by atoms with Crippen LogP contribution in [0.2, 0.25) is 0 Å². The van der Waals surface area contributed by atoms with Gasteiger partial charge in [0.25, 0.3) is 0 Å². The molecule has 1 amide bonds. The van der Waals surface area contributed by atoms with Gasteiger partial charge < -0.3 is 14.8 Å². The summed E-state index contributed by atoms with van der Waals surface area (Å²) in [6.07, 6.45) is -0.718. The minimum absolute atomic E-state index is 0.0950. The van der Waals surface area contributed by atoms with Gasteiger partial charge in [-0.2, -0.15) is 0 Å². The smallest absolute Gasteiger partial charge is 0.408 e. The molecular weight excluding hydrogens is 370 g/mol. The van der Waals surface area contributed by atoms with Crippen molar-refractivity contribution in [2.45, 2.75) is 40.3 Å². The van der Waals surface area contributed by atoms with Crippen LogP contribution in [0.25, 0.3) is 0 Å². The Balaban J connectivity index is 1.88. The Morgan fingerprint density at radius 3 is 2.24 bits per heavy atom. The van der Waals surface area contributed by atoms with Crippen molar-refractivity contribution >= 4 is 17.8 Å². The maximum Gasteiger partial charge on any atom is 0.408 e. The molecule has 0 aromatic heterocycles. The Morgan fingerprint density at radius 2 is 1.62 bits per heavy atom. The van der Waals surface area contributed by atoms with Gasteiger partial charge in [-0.3, -0.25) is 4.79 Å². The average molecular weight is 397 g/mol. The van der Waals surface area contributed by atoms with Gasteiger partial charge in [0, 0.05) is 5.56 Å². The number of benzene rings is 2. The number of esters is 1. The van der Waals surface area contributed by atoms with E-state index in [9.17, 15) is 14.4 Å². The van der Waals surface area contributed by atoms with E-state index in [2.05, 4.69) is 5.32 Å². The first kappa shape index (κ1) is 22.1. The molecule has 6 heteroatoms. The first-order valence-corrected chi connectivity index (χ1v) is 9.52. The summed E-state index contributed by atoms with van der Waals surface area (Å²) in [5.74, 6) is -1.20. The molecule has 2 aromatic rings. The number of alkyl carbamates (subject to hydrolysis) is 1. The van der Waals surface area contributed by atoms with Crippen LogP contribution in [0.3, 0.4) is 0 Å². The number of hydrogen-bond acceptors (Lipinski definition) is 5. The molecule has 0 heterocycles. The van der Waals surface area contributed by atoms with Crippen molar-refractivity contribution in [3.05, 3.63) is 70.8 Å². The molecule has 0 aliphatic carbocycles. The van der Waals surface area contributed by atoms with E-state index in [1.54, 1.807) is 26.0 Å². The lowest BCUT2D eigenvalue weighted by Crippen LogP contribution is -2.45. The van der Waals surface area contributed by atoms with Crippen LogP contribution in [-0.2, 0) is 20.9 Å². The van der Waals surface area contributed by atoms with Crippen LogP contribution in [0.1, 0.15) is 40.9 Å². The van der Waals surface area contributed by atoms with Gasteiger partial charge in [-0.1, -0.05) is 56.3 Å². The SMILES string of the molecule is Cc1ccc(C(=O)COC(=O)[C@H](NC(=O)OCc2ccccc2)C(C)C)cc1C. The predicted molar refractivity (Wildman–Crippen MR) is 110 cm³/mol. The summed E-state index contributed by atoms with van der Waals surface area (Å²) in [7, 11) is 0. The Hall–Kier alpha value is -3.15. The maximum absolute atomic E-state index is 12.4. The number of amides is 1. The number of Topliss-reactive ketones (excluding diaryl/α,β-unsaturated/α-hetero) is 1. The van der Waals surface area contributed by atoms with Crippen LogP contribution >= 0.6 is 0 Å². The Kier molecular flexibility index (Phi) is 7.95. The average Bonchev–Trinajstić information content (AvgIpc) is 2.71. The predicted octanol–water partition coefficient (Wildman–Crippen LogP) is 3.98. The van der Waals surface area contributed by atoms with Crippen LogP contribution in [0.5, 0.6) is 0 Å². The zero-order valence-electron chi connectivity index (χ0n) is 17.2. The lowest BCUT2D eigenvalue weighted by molar-refractivity contribution is -0.146. The molecule has 154 valence electrons. The third-order valence-corrected chi connectivity index (χ3v) is 4.58. The Bertz CT molecular complexity index is 861. The van der Waals surface area contributed by atoms with Crippen molar-refractivity contribution in [2.24, 2.45) is 5.92 Å². The molecule has 0 bridgehead atoms. The minimum Gasteiger partial charge on any atom is -0.456 e. The second-order valence-corrected chi connectivity index (χ2v) is 7.26. The van der Waals surface area contributed by atoms with Gasteiger partial charge in [0.05, 0.1) is 0 Å². The fourth-order valence-corrected chi connectivity index (χ4v) is 2.61. The molecule has 2 aromatic carbocycles. The standard InChI is InChI=1S/C23H27NO5/c1-15(2)21(24-23(27)29-13-18-8-6-5-7-9-18)22(26)28-14-20(25)19-11-10-16(3)17(4)12-19/h5-12,15,21H,13-14H2,1-4H3,(H,24,27)/t21-/m1/s1. The summed E-state index contributed by atoms with van der Waals surface area (Å²) in [6, 6.07) is 13.6. The number of nitrogens with one attached hydrogen (secondary N) is 1. The lowest BCUT2D eigenvalue weighted by atomic mass is 10.0. The van der Waals surface area contributed by atoms with Crippen molar-refractivity contribution in [2.75, 3.05) is 6.61 Å². The number of hydrogen-bond donors (Lipinski definition) is 1. The molecule has 0 fully saturated rings. The zero-order valence-corrected chi connectivity index (χ0v) is 17.2. The van der Waals surface area contributed by atoms with Gasteiger partial charge in [-0.15, -0.1) is 0 Å². The highest BCUT2D eigenvalue weighted by Gasteiger charge is 2.27. The second kappa shape index (κ2) is 10.4. The molecule has 1 atom stereocenters. The van der Waals surface area contributed by atoms with Crippen molar-refractivity contribution in [3.63, 3.8) is 0 Å². The van der Waals surface area contributed by atoms with Gasteiger partial charge in [0.15, 0.2) is 12.4 Å². The molecule has 29 heavy (non-hydrogen) atoms. The Labute approximate surface area is 171 Å². The van der Waals surface area contributed by atoms with Crippen LogP contribution in [-0.4, -0.2) is 30.5 Å². The van der Waals surface area contributed by atoms with E-state index in [1.807, 2.05) is 50.2 Å². The number of ether oxygens (including phenoxy) is 2. The monoisotopic (exact) mass is 397 g/mol. The van der Waals surface area contributed by atoms with Crippen LogP contribution in [0.4, 0.5) is 4.79 Å². The summed E-state index contributed by atoms with van der Waals surface area (Å²) in [6.45, 7) is 7.13. The second-order valence-electron chi connectivity index (χ2n) is 7.26. The molecule has 0 spiro atoms. The van der Waals surface area contributed by atoms with Gasteiger partial charge in [-0.05, 0) is 42.5 Å². The van der Waals surface area contributed by atoms with Gasteiger partial charge in [-0.25, -0.2) is 9.59 Å². The van der Waals surface area contributed by atoms with Gasteiger partial charge in [0.2, 0.25) is 0 Å². The first-order valence-electron chi connectivity index (χ1n) is 9.52. The molecule has 1 N–H and O–H groups in total. The number of carbonyl (C=O) groups excluding carboxylic acids is 3. The van der Waals surface area contributed by atoms with Crippen molar-refractivity contribution in [3.8, 4) is 0 Å². The maximum atomic E-state index is 12.4.